The lowest BCUT2D eigenvalue weighted by Gasteiger charge is -1.88. The fraction of sp³-hybridized carbons (Fsp3) is 0.286. The van der Waals surface area contributed by atoms with E-state index < -0.39 is 0 Å². The maximum Gasteiger partial charge on any atom is 0.149 e. The van der Waals surface area contributed by atoms with Crippen LogP contribution in [0.3, 0.4) is 0 Å². The lowest BCUT2D eigenvalue weighted by Crippen LogP contribution is -1.73. The second-order valence-corrected chi connectivity index (χ2v) is 3.84. The van der Waals surface area contributed by atoms with Crippen molar-refractivity contribution in [3.63, 3.8) is 0 Å². The third kappa shape index (κ3) is 2.42. The minimum atomic E-state index is 0.824. The highest BCUT2D eigenvalue weighted by Gasteiger charge is 1.92. The SMILES string of the molecule is C#CCCSc1nccs1. The van der Waals surface area contributed by atoms with Gasteiger partial charge in [0.05, 0.1) is 0 Å². The van der Waals surface area contributed by atoms with Gasteiger partial charge in [0, 0.05) is 23.8 Å². The zero-order chi connectivity index (χ0) is 7.23. The summed E-state index contributed by atoms with van der Waals surface area (Å²) in [5.41, 5.74) is 0. The molecule has 0 N–H and O–H groups in total. The Kier molecular flexibility index (Phi) is 3.34. The minimum absolute atomic E-state index is 0.824. The molecule has 1 rings (SSSR count). The number of terminal acetylenes is 1. The summed E-state index contributed by atoms with van der Waals surface area (Å²) in [4.78, 5) is 4.10. The van der Waals surface area contributed by atoms with Gasteiger partial charge in [0.1, 0.15) is 4.34 Å². The van der Waals surface area contributed by atoms with Gasteiger partial charge < -0.3 is 0 Å². The van der Waals surface area contributed by atoms with Gasteiger partial charge in [0.25, 0.3) is 0 Å². The lowest BCUT2D eigenvalue weighted by atomic mass is 10.5. The Morgan fingerprint density at radius 1 is 1.80 bits per heavy atom. The Balaban J connectivity index is 2.23. The highest BCUT2D eigenvalue weighted by Crippen LogP contribution is 2.20. The first-order valence-corrected chi connectivity index (χ1v) is 4.76. The smallest absolute Gasteiger partial charge is 0.149 e. The molecule has 0 fully saturated rings. The van der Waals surface area contributed by atoms with E-state index in [0.29, 0.717) is 0 Å². The predicted molar refractivity (Wildman–Crippen MR) is 46.3 cm³/mol. The molecule has 0 aromatic carbocycles. The van der Waals surface area contributed by atoms with Gasteiger partial charge in [-0.25, -0.2) is 4.98 Å². The molecule has 1 aromatic rings. The quantitative estimate of drug-likeness (QED) is 0.391. The van der Waals surface area contributed by atoms with Crippen molar-refractivity contribution in [1.29, 1.82) is 0 Å². The maximum absolute atomic E-state index is 5.09. The number of nitrogens with zero attached hydrogens (tertiary/aromatic N) is 1. The molecule has 0 aliphatic rings. The van der Waals surface area contributed by atoms with Gasteiger partial charge in [-0.1, -0.05) is 11.8 Å². The molecule has 1 heterocycles. The lowest BCUT2D eigenvalue weighted by molar-refractivity contribution is 1.23. The van der Waals surface area contributed by atoms with Crippen molar-refractivity contribution >= 4 is 23.1 Å². The maximum atomic E-state index is 5.09. The zero-order valence-corrected chi connectivity index (χ0v) is 7.04. The number of aromatic nitrogens is 1. The predicted octanol–water partition coefficient (Wildman–Crippen LogP) is 2.26. The van der Waals surface area contributed by atoms with E-state index in [0.717, 1.165) is 16.5 Å². The summed E-state index contributed by atoms with van der Waals surface area (Å²) in [5.74, 6) is 3.56. The van der Waals surface area contributed by atoms with E-state index in [-0.39, 0.29) is 0 Å². The van der Waals surface area contributed by atoms with Crippen molar-refractivity contribution < 1.29 is 0 Å². The van der Waals surface area contributed by atoms with E-state index in [1.807, 2.05) is 11.6 Å². The molecule has 0 saturated heterocycles. The van der Waals surface area contributed by atoms with Crippen LogP contribution in [0.5, 0.6) is 0 Å². The van der Waals surface area contributed by atoms with Crippen molar-refractivity contribution in [2.75, 3.05) is 5.75 Å². The van der Waals surface area contributed by atoms with E-state index in [1.54, 1.807) is 23.1 Å². The molecule has 0 unspecified atom stereocenters. The second-order valence-electron chi connectivity index (χ2n) is 1.60. The number of thioether (sulfide) groups is 1. The van der Waals surface area contributed by atoms with Gasteiger partial charge in [0.2, 0.25) is 0 Å². The van der Waals surface area contributed by atoms with Crippen molar-refractivity contribution in [1.82, 2.24) is 4.98 Å². The summed E-state index contributed by atoms with van der Waals surface area (Å²) < 4.78 is 1.11. The standard InChI is InChI=1S/C7H7NS2/c1-2-3-5-9-7-8-4-6-10-7/h1,4,6H,3,5H2. The van der Waals surface area contributed by atoms with Crippen LogP contribution in [-0.4, -0.2) is 10.7 Å². The number of hydrogen-bond acceptors (Lipinski definition) is 3. The summed E-state index contributed by atoms with van der Waals surface area (Å²) in [6.45, 7) is 0. The first-order valence-electron chi connectivity index (χ1n) is 2.89. The van der Waals surface area contributed by atoms with Gasteiger partial charge in [-0.3, -0.25) is 0 Å². The molecule has 0 amide bonds. The summed E-state index contributed by atoms with van der Waals surface area (Å²) >= 11 is 3.37. The normalized spacial score (nSPS) is 9.10. The topological polar surface area (TPSA) is 12.9 Å². The largest absolute Gasteiger partial charge is 0.238 e. The number of thiazole rings is 1. The fourth-order valence-corrected chi connectivity index (χ4v) is 2.06. The van der Waals surface area contributed by atoms with Gasteiger partial charge in [0.15, 0.2) is 0 Å². The van der Waals surface area contributed by atoms with E-state index in [2.05, 4.69) is 10.9 Å². The molecule has 0 bridgehead atoms. The van der Waals surface area contributed by atoms with Crippen molar-refractivity contribution in [2.24, 2.45) is 0 Å². The van der Waals surface area contributed by atoms with Gasteiger partial charge in [-0.15, -0.1) is 23.7 Å². The van der Waals surface area contributed by atoms with Crippen LogP contribution in [0.25, 0.3) is 0 Å². The fourth-order valence-electron chi connectivity index (χ4n) is 0.479. The number of hydrogen-bond donors (Lipinski definition) is 0. The van der Waals surface area contributed by atoms with E-state index in [4.69, 9.17) is 6.42 Å². The van der Waals surface area contributed by atoms with E-state index >= 15 is 0 Å². The van der Waals surface area contributed by atoms with Crippen LogP contribution in [0.4, 0.5) is 0 Å². The monoisotopic (exact) mass is 169 g/mol. The van der Waals surface area contributed by atoms with E-state index in [1.165, 1.54) is 0 Å². The molecular formula is C7H7NS2. The third-order valence-electron chi connectivity index (χ3n) is 0.882. The average Bonchev–Trinajstić information content (AvgIpc) is 2.41. The third-order valence-corrected chi connectivity index (χ3v) is 2.85. The van der Waals surface area contributed by atoms with Crippen molar-refractivity contribution in [3.05, 3.63) is 11.6 Å². The highest BCUT2D eigenvalue weighted by molar-refractivity contribution is 8.01. The Labute approximate surface area is 68.9 Å². The minimum Gasteiger partial charge on any atom is -0.238 e. The molecule has 0 spiro atoms. The van der Waals surface area contributed by atoms with Crippen LogP contribution < -0.4 is 0 Å². The van der Waals surface area contributed by atoms with Gasteiger partial charge in [-0.2, -0.15) is 0 Å². The molecule has 0 aliphatic heterocycles. The van der Waals surface area contributed by atoms with Crippen molar-refractivity contribution in [2.45, 2.75) is 10.8 Å². The summed E-state index contributed by atoms with van der Waals surface area (Å²) in [5, 5.41) is 1.97. The number of rotatable bonds is 3. The molecule has 0 atom stereocenters. The molecule has 10 heavy (non-hydrogen) atoms. The van der Waals surface area contributed by atoms with Crippen LogP contribution in [0.2, 0.25) is 0 Å². The van der Waals surface area contributed by atoms with Crippen LogP contribution >= 0.6 is 23.1 Å². The second kappa shape index (κ2) is 4.37. The van der Waals surface area contributed by atoms with Crippen molar-refractivity contribution in [3.8, 4) is 12.3 Å². The summed E-state index contributed by atoms with van der Waals surface area (Å²) in [7, 11) is 0. The first kappa shape index (κ1) is 7.64. The molecule has 1 aromatic heterocycles. The summed E-state index contributed by atoms with van der Waals surface area (Å²) in [6, 6.07) is 0. The molecule has 0 radical (unpaired) electrons. The summed E-state index contributed by atoms with van der Waals surface area (Å²) in [6.07, 6.45) is 7.72. The Morgan fingerprint density at radius 3 is 3.30 bits per heavy atom. The molecule has 1 nitrogen and oxygen atoms in total. The first-order chi connectivity index (χ1) is 4.93. The molecule has 52 valence electrons. The highest BCUT2D eigenvalue weighted by atomic mass is 32.2. The molecular weight excluding hydrogens is 162 g/mol. The van der Waals surface area contributed by atoms with Crippen LogP contribution in [0.15, 0.2) is 15.9 Å². The van der Waals surface area contributed by atoms with Crippen LogP contribution in [0, 0.1) is 12.3 Å². The van der Waals surface area contributed by atoms with Crippen LogP contribution in [0.1, 0.15) is 6.42 Å². The Hall–Kier alpha value is -0.460. The Bertz CT molecular complexity index is 210. The Morgan fingerprint density at radius 2 is 2.70 bits per heavy atom. The molecule has 0 saturated carbocycles. The molecule has 3 heteroatoms. The van der Waals surface area contributed by atoms with Gasteiger partial charge >= 0.3 is 0 Å². The van der Waals surface area contributed by atoms with Gasteiger partial charge in [-0.05, 0) is 0 Å². The average molecular weight is 169 g/mol. The van der Waals surface area contributed by atoms with E-state index in [9.17, 15) is 0 Å². The van der Waals surface area contributed by atoms with Crippen LogP contribution in [-0.2, 0) is 0 Å². The zero-order valence-electron chi connectivity index (χ0n) is 5.41. The molecule has 0 aliphatic carbocycles.